The van der Waals surface area contributed by atoms with Crippen LogP contribution >= 0.6 is 0 Å². The van der Waals surface area contributed by atoms with Crippen molar-refractivity contribution in [1.29, 1.82) is 0 Å². The Balaban J connectivity index is 1.77. The number of aryl methyl sites for hydroxylation is 1. The van der Waals surface area contributed by atoms with E-state index < -0.39 is 0 Å². The summed E-state index contributed by atoms with van der Waals surface area (Å²) in [6.07, 6.45) is 2.66. The molecule has 2 rings (SSSR count). The number of aromatic hydroxyl groups is 1. The fourth-order valence-electron chi connectivity index (χ4n) is 2.86. The molecule has 1 aromatic carbocycles. The first-order valence-electron chi connectivity index (χ1n) is 7.81. The number of hydrogen-bond acceptors (Lipinski definition) is 3. The highest BCUT2D eigenvalue weighted by molar-refractivity contribution is 5.37. The SMILES string of the molecule is Cc1ccc(O)c(C(C)NCCN2CCC(C)CC2)c1. The Hall–Kier alpha value is -1.06. The van der Waals surface area contributed by atoms with Crippen molar-refractivity contribution < 1.29 is 5.11 Å². The van der Waals surface area contributed by atoms with E-state index in [-0.39, 0.29) is 6.04 Å². The Kier molecular flexibility index (Phi) is 5.44. The lowest BCUT2D eigenvalue weighted by Crippen LogP contribution is -2.38. The molecule has 1 saturated heterocycles. The Morgan fingerprint density at radius 3 is 2.75 bits per heavy atom. The number of phenols is 1. The molecule has 3 heteroatoms. The van der Waals surface area contributed by atoms with E-state index in [0.29, 0.717) is 5.75 Å². The van der Waals surface area contributed by atoms with Crippen molar-refractivity contribution in [3.05, 3.63) is 29.3 Å². The zero-order chi connectivity index (χ0) is 14.5. The number of nitrogens with zero attached hydrogens (tertiary/aromatic N) is 1. The second kappa shape index (κ2) is 7.09. The van der Waals surface area contributed by atoms with Crippen LogP contribution in [0, 0.1) is 12.8 Å². The molecule has 2 N–H and O–H groups in total. The minimum absolute atomic E-state index is 0.193. The van der Waals surface area contributed by atoms with Crippen molar-refractivity contribution in [2.24, 2.45) is 5.92 Å². The molecule has 0 radical (unpaired) electrons. The fourth-order valence-corrected chi connectivity index (χ4v) is 2.86. The summed E-state index contributed by atoms with van der Waals surface area (Å²) >= 11 is 0. The number of likely N-dealkylation sites (tertiary alicyclic amines) is 1. The Morgan fingerprint density at radius 2 is 2.05 bits per heavy atom. The standard InChI is InChI=1S/C17H28N2O/c1-13-6-9-19(10-7-13)11-8-18-15(3)16-12-14(2)4-5-17(16)20/h4-5,12-13,15,18,20H,6-11H2,1-3H3. The molecule has 20 heavy (non-hydrogen) atoms. The molecule has 1 aliphatic heterocycles. The molecule has 0 aromatic heterocycles. The predicted molar refractivity (Wildman–Crippen MR) is 84.1 cm³/mol. The molecule has 0 saturated carbocycles. The summed E-state index contributed by atoms with van der Waals surface area (Å²) in [5.41, 5.74) is 2.19. The van der Waals surface area contributed by atoms with Crippen molar-refractivity contribution in [3.8, 4) is 5.75 Å². The third-order valence-electron chi connectivity index (χ3n) is 4.40. The monoisotopic (exact) mass is 276 g/mol. The van der Waals surface area contributed by atoms with Gasteiger partial charge in [0.15, 0.2) is 0 Å². The molecule has 1 heterocycles. The number of piperidine rings is 1. The van der Waals surface area contributed by atoms with E-state index in [9.17, 15) is 5.11 Å². The van der Waals surface area contributed by atoms with Crippen LogP contribution in [0.5, 0.6) is 5.75 Å². The van der Waals surface area contributed by atoms with E-state index in [1.165, 1.54) is 31.5 Å². The lowest BCUT2D eigenvalue weighted by molar-refractivity contribution is 0.191. The quantitative estimate of drug-likeness (QED) is 0.867. The van der Waals surface area contributed by atoms with E-state index in [0.717, 1.165) is 24.6 Å². The highest BCUT2D eigenvalue weighted by Crippen LogP contribution is 2.24. The molecule has 1 aromatic rings. The number of benzene rings is 1. The van der Waals surface area contributed by atoms with Gasteiger partial charge in [-0.05, 0) is 51.8 Å². The van der Waals surface area contributed by atoms with Gasteiger partial charge in [0.1, 0.15) is 5.75 Å². The minimum Gasteiger partial charge on any atom is -0.508 e. The molecule has 0 bridgehead atoms. The molecule has 112 valence electrons. The molecule has 0 aliphatic carbocycles. The van der Waals surface area contributed by atoms with Crippen molar-refractivity contribution in [2.45, 2.75) is 39.7 Å². The van der Waals surface area contributed by atoms with E-state index in [1.54, 1.807) is 6.07 Å². The summed E-state index contributed by atoms with van der Waals surface area (Å²) in [6.45, 7) is 11.1. The van der Waals surface area contributed by atoms with Crippen LogP contribution in [0.1, 0.15) is 43.9 Å². The molecule has 1 unspecified atom stereocenters. The highest BCUT2D eigenvalue weighted by atomic mass is 16.3. The second-order valence-corrected chi connectivity index (χ2v) is 6.26. The molecule has 1 fully saturated rings. The maximum atomic E-state index is 9.93. The molecular formula is C17H28N2O. The lowest BCUT2D eigenvalue weighted by atomic mass is 9.99. The molecule has 0 amide bonds. The van der Waals surface area contributed by atoms with E-state index >= 15 is 0 Å². The summed E-state index contributed by atoms with van der Waals surface area (Å²) in [7, 11) is 0. The third kappa shape index (κ3) is 4.22. The Morgan fingerprint density at radius 1 is 1.35 bits per heavy atom. The van der Waals surface area contributed by atoms with Gasteiger partial charge in [0.25, 0.3) is 0 Å². The minimum atomic E-state index is 0.193. The summed E-state index contributed by atoms with van der Waals surface area (Å²) in [5.74, 6) is 1.28. The summed E-state index contributed by atoms with van der Waals surface area (Å²) in [5, 5.41) is 13.5. The van der Waals surface area contributed by atoms with E-state index in [2.05, 4.69) is 37.1 Å². The molecular weight excluding hydrogens is 248 g/mol. The van der Waals surface area contributed by atoms with Crippen LogP contribution in [0.2, 0.25) is 0 Å². The first-order chi connectivity index (χ1) is 9.56. The fraction of sp³-hybridized carbons (Fsp3) is 0.647. The maximum Gasteiger partial charge on any atom is 0.120 e. The van der Waals surface area contributed by atoms with Gasteiger partial charge in [-0.25, -0.2) is 0 Å². The number of rotatable bonds is 5. The van der Waals surface area contributed by atoms with E-state index in [4.69, 9.17) is 0 Å². The lowest BCUT2D eigenvalue weighted by Gasteiger charge is -2.30. The van der Waals surface area contributed by atoms with Crippen molar-refractivity contribution >= 4 is 0 Å². The molecule has 3 nitrogen and oxygen atoms in total. The molecule has 0 spiro atoms. The molecule has 1 atom stereocenters. The topological polar surface area (TPSA) is 35.5 Å². The van der Waals surface area contributed by atoms with Gasteiger partial charge in [0.05, 0.1) is 0 Å². The van der Waals surface area contributed by atoms with Gasteiger partial charge >= 0.3 is 0 Å². The number of phenolic OH excluding ortho intramolecular Hbond substituents is 1. The Bertz CT molecular complexity index is 425. The normalized spacial score (nSPS) is 19.1. The number of nitrogens with one attached hydrogen (secondary N) is 1. The third-order valence-corrected chi connectivity index (χ3v) is 4.40. The van der Waals surface area contributed by atoms with Crippen LogP contribution in [0.25, 0.3) is 0 Å². The van der Waals surface area contributed by atoms with Gasteiger partial charge in [-0.1, -0.05) is 24.6 Å². The van der Waals surface area contributed by atoms with Gasteiger partial charge < -0.3 is 15.3 Å². The first kappa shape index (κ1) is 15.3. The summed E-state index contributed by atoms with van der Waals surface area (Å²) in [4.78, 5) is 2.54. The van der Waals surface area contributed by atoms with Crippen molar-refractivity contribution in [1.82, 2.24) is 10.2 Å². The average molecular weight is 276 g/mol. The van der Waals surface area contributed by atoms with Gasteiger partial charge in [0, 0.05) is 24.7 Å². The second-order valence-electron chi connectivity index (χ2n) is 6.26. The van der Waals surface area contributed by atoms with Gasteiger partial charge in [-0.15, -0.1) is 0 Å². The van der Waals surface area contributed by atoms with Crippen LogP contribution < -0.4 is 5.32 Å². The smallest absolute Gasteiger partial charge is 0.120 e. The first-order valence-corrected chi connectivity index (χ1v) is 7.81. The van der Waals surface area contributed by atoms with Crippen LogP contribution in [-0.2, 0) is 0 Å². The van der Waals surface area contributed by atoms with Gasteiger partial charge in [-0.2, -0.15) is 0 Å². The molecule has 1 aliphatic rings. The van der Waals surface area contributed by atoms with Crippen LogP contribution in [0.15, 0.2) is 18.2 Å². The van der Waals surface area contributed by atoms with Crippen molar-refractivity contribution in [3.63, 3.8) is 0 Å². The number of hydrogen-bond donors (Lipinski definition) is 2. The largest absolute Gasteiger partial charge is 0.508 e. The van der Waals surface area contributed by atoms with Gasteiger partial charge in [-0.3, -0.25) is 0 Å². The zero-order valence-electron chi connectivity index (χ0n) is 13.0. The van der Waals surface area contributed by atoms with Crippen LogP contribution in [0.4, 0.5) is 0 Å². The summed E-state index contributed by atoms with van der Waals surface area (Å²) in [6, 6.07) is 5.99. The maximum absolute atomic E-state index is 9.93. The average Bonchev–Trinajstić information content (AvgIpc) is 2.43. The highest BCUT2D eigenvalue weighted by Gasteiger charge is 2.15. The van der Waals surface area contributed by atoms with Crippen molar-refractivity contribution in [2.75, 3.05) is 26.2 Å². The van der Waals surface area contributed by atoms with Crippen LogP contribution in [0.3, 0.4) is 0 Å². The van der Waals surface area contributed by atoms with E-state index in [1.807, 2.05) is 6.07 Å². The van der Waals surface area contributed by atoms with Crippen LogP contribution in [-0.4, -0.2) is 36.2 Å². The van der Waals surface area contributed by atoms with Gasteiger partial charge in [0.2, 0.25) is 0 Å². The predicted octanol–water partition coefficient (Wildman–Crippen LogP) is 3.08. The Labute approximate surface area is 123 Å². The zero-order valence-corrected chi connectivity index (χ0v) is 13.0. The summed E-state index contributed by atoms with van der Waals surface area (Å²) < 4.78 is 0.